The first-order valence-electron chi connectivity index (χ1n) is 9.20. The molecule has 1 aromatic heterocycles. The predicted molar refractivity (Wildman–Crippen MR) is 107 cm³/mol. The van der Waals surface area contributed by atoms with E-state index in [2.05, 4.69) is 20.0 Å². The van der Waals surface area contributed by atoms with Crippen LogP contribution in [0.3, 0.4) is 0 Å². The quantitative estimate of drug-likeness (QED) is 0.425. The van der Waals surface area contributed by atoms with Crippen LogP contribution in [0, 0.1) is 0 Å². The molecule has 0 fully saturated rings. The number of benzene rings is 2. The molecule has 0 aliphatic heterocycles. The minimum Gasteiger partial charge on any atom is -0.493 e. The van der Waals surface area contributed by atoms with Crippen molar-refractivity contribution in [2.24, 2.45) is 0 Å². The van der Waals surface area contributed by atoms with Gasteiger partial charge in [-0.2, -0.15) is 0 Å². The summed E-state index contributed by atoms with van der Waals surface area (Å²) >= 11 is 0. The van der Waals surface area contributed by atoms with E-state index in [1.54, 1.807) is 18.2 Å². The topological polar surface area (TPSA) is 103 Å². The number of nitrogens with zero attached hydrogens (tertiary/aromatic N) is 1. The molecule has 1 heterocycles. The van der Waals surface area contributed by atoms with E-state index in [1.165, 1.54) is 14.2 Å². The molecule has 0 aliphatic rings. The van der Waals surface area contributed by atoms with Crippen molar-refractivity contribution in [1.82, 2.24) is 15.3 Å². The Kier molecular flexibility index (Phi) is 6.67. The average Bonchev–Trinajstić information content (AvgIpc) is 3.17. The Balaban J connectivity index is 1.51. The maximum atomic E-state index is 12.4. The van der Waals surface area contributed by atoms with Gasteiger partial charge in [0.1, 0.15) is 5.82 Å². The van der Waals surface area contributed by atoms with Crippen molar-refractivity contribution in [3.05, 3.63) is 53.9 Å². The van der Waals surface area contributed by atoms with Gasteiger partial charge in [-0.3, -0.25) is 4.79 Å². The van der Waals surface area contributed by atoms with Gasteiger partial charge >= 0.3 is 5.97 Å². The minimum absolute atomic E-state index is 0.215. The Morgan fingerprint density at radius 1 is 1.10 bits per heavy atom. The fourth-order valence-electron chi connectivity index (χ4n) is 2.81. The number of imidazole rings is 1. The van der Waals surface area contributed by atoms with Gasteiger partial charge in [0, 0.05) is 18.5 Å². The number of H-pyrrole nitrogens is 1. The average molecular weight is 397 g/mol. The number of aromatic amines is 1. The van der Waals surface area contributed by atoms with Crippen LogP contribution in [0.25, 0.3) is 11.0 Å². The fraction of sp³-hybridized carbons (Fsp3) is 0.286. The van der Waals surface area contributed by atoms with Crippen LogP contribution in [0.4, 0.5) is 0 Å². The van der Waals surface area contributed by atoms with E-state index < -0.39 is 5.97 Å². The number of methoxy groups -OCH3 is 2. The largest absolute Gasteiger partial charge is 0.493 e. The molecule has 0 spiro atoms. The Labute approximate surface area is 168 Å². The number of hydrogen-bond acceptors (Lipinski definition) is 6. The van der Waals surface area contributed by atoms with E-state index in [-0.39, 0.29) is 12.5 Å². The summed E-state index contributed by atoms with van der Waals surface area (Å²) in [6, 6.07) is 12.6. The van der Waals surface area contributed by atoms with Gasteiger partial charge in [0.25, 0.3) is 5.91 Å². The molecule has 0 unspecified atom stereocenters. The Hall–Kier alpha value is -3.55. The van der Waals surface area contributed by atoms with Gasteiger partial charge in [-0.1, -0.05) is 12.1 Å². The summed E-state index contributed by atoms with van der Waals surface area (Å²) in [4.78, 5) is 31.4. The van der Waals surface area contributed by atoms with Gasteiger partial charge in [-0.15, -0.1) is 0 Å². The first-order chi connectivity index (χ1) is 14.1. The number of hydrogen-bond donors (Lipinski definition) is 2. The molecule has 3 aromatic rings. The smallest absolute Gasteiger partial charge is 0.343 e. The molecule has 3 rings (SSSR count). The number of amides is 1. The van der Waals surface area contributed by atoms with Crippen LogP contribution in [0.2, 0.25) is 0 Å². The number of para-hydroxylation sites is 2. The third-order valence-electron chi connectivity index (χ3n) is 4.31. The van der Waals surface area contributed by atoms with Crippen molar-refractivity contribution >= 4 is 22.9 Å². The molecule has 0 saturated carbocycles. The van der Waals surface area contributed by atoms with E-state index in [4.69, 9.17) is 9.47 Å². The highest BCUT2D eigenvalue weighted by Crippen LogP contribution is 2.28. The summed E-state index contributed by atoms with van der Waals surface area (Å²) in [5, 5.41) is 2.88. The van der Waals surface area contributed by atoms with Gasteiger partial charge < -0.3 is 24.5 Å². The predicted octanol–water partition coefficient (Wildman–Crippen LogP) is 2.49. The molecule has 8 nitrogen and oxygen atoms in total. The van der Waals surface area contributed by atoms with Gasteiger partial charge in [-0.05, 0) is 36.8 Å². The number of aryl methyl sites for hydroxylation is 1. The lowest BCUT2D eigenvalue weighted by Crippen LogP contribution is -2.25. The third-order valence-corrected chi connectivity index (χ3v) is 4.31. The Morgan fingerprint density at radius 2 is 1.93 bits per heavy atom. The molecule has 0 aliphatic carbocycles. The first kappa shape index (κ1) is 20.2. The van der Waals surface area contributed by atoms with Crippen molar-refractivity contribution in [3.8, 4) is 11.5 Å². The highest BCUT2D eigenvalue weighted by Gasteiger charge is 2.12. The van der Waals surface area contributed by atoms with Crippen LogP contribution in [0.5, 0.6) is 11.5 Å². The van der Waals surface area contributed by atoms with Crippen LogP contribution in [0.15, 0.2) is 42.5 Å². The highest BCUT2D eigenvalue weighted by atomic mass is 16.6. The standard InChI is InChI=1S/C21H23N3O5/c1-27-18-12-14(9-10-17(18)29-13-20(25)28-2)21(26)22-11-5-8-19-23-15-6-3-4-7-16(15)24-19/h3-4,6-7,9-10,12H,5,8,11,13H2,1-2H3,(H,22,26)(H,23,24). The van der Waals surface area contributed by atoms with E-state index in [0.717, 1.165) is 29.7 Å². The lowest BCUT2D eigenvalue weighted by Gasteiger charge is -2.11. The van der Waals surface area contributed by atoms with Crippen molar-refractivity contribution in [2.75, 3.05) is 27.4 Å². The number of nitrogens with one attached hydrogen (secondary N) is 2. The monoisotopic (exact) mass is 397 g/mol. The highest BCUT2D eigenvalue weighted by molar-refractivity contribution is 5.94. The third kappa shape index (κ3) is 5.25. The Morgan fingerprint density at radius 3 is 2.69 bits per heavy atom. The van der Waals surface area contributed by atoms with E-state index >= 15 is 0 Å². The number of fused-ring (bicyclic) bond motifs is 1. The molecule has 0 atom stereocenters. The molecule has 0 saturated heterocycles. The molecule has 0 radical (unpaired) electrons. The molecule has 2 N–H and O–H groups in total. The fourth-order valence-corrected chi connectivity index (χ4v) is 2.81. The molecule has 8 heteroatoms. The summed E-state index contributed by atoms with van der Waals surface area (Å²) in [6.45, 7) is 0.277. The van der Waals surface area contributed by atoms with Crippen LogP contribution in [-0.4, -0.2) is 49.2 Å². The zero-order valence-electron chi connectivity index (χ0n) is 16.4. The van der Waals surface area contributed by atoms with Crippen LogP contribution in [0.1, 0.15) is 22.6 Å². The van der Waals surface area contributed by atoms with Gasteiger partial charge in [0.05, 0.1) is 25.3 Å². The van der Waals surface area contributed by atoms with Crippen LogP contribution < -0.4 is 14.8 Å². The molecule has 29 heavy (non-hydrogen) atoms. The van der Waals surface area contributed by atoms with Gasteiger partial charge in [-0.25, -0.2) is 9.78 Å². The summed E-state index contributed by atoms with van der Waals surface area (Å²) in [6.07, 6.45) is 1.49. The van der Waals surface area contributed by atoms with Crippen molar-refractivity contribution in [2.45, 2.75) is 12.8 Å². The number of ether oxygens (including phenoxy) is 3. The lowest BCUT2D eigenvalue weighted by atomic mass is 10.2. The number of rotatable bonds is 9. The zero-order valence-corrected chi connectivity index (χ0v) is 16.4. The summed E-state index contributed by atoms with van der Waals surface area (Å²) in [7, 11) is 2.75. The molecule has 2 aromatic carbocycles. The molecular weight excluding hydrogens is 374 g/mol. The number of esters is 1. The second kappa shape index (κ2) is 9.59. The second-order valence-corrected chi connectivity index (χ2v) is 6.29. The zero-order chi connectivity index (χ0) is 20.6. The molecule has 1 amide bonds. The SMILES string of the molecule is COC(=O)COc1ccc(C(=O)NCCCc2nc3ccccc3[nH]2)cc1OC. The van der Waals surface area contributed by atoms with Crippen molar-refractivity contribution in [1.29, 1.82) is 0 Å². The van der Waals surface area contributed by atoms with Crippen LogP contribution in [-0.2, 0) is 16.0 Å². The number of aromatic nitrogens is 2. The van der Waals surface area contributed by atoms with E-state index in [9.17, 15) is 9.59 Å². The normalized spacial score (nSPS) is 10.6. The molecule has 0 bridgehead atoms. The maximum absolute atomic E-state index is 12.4. The van der Waals surface area contributed by atoms with E-state index in [1.807, 2.05) is 24.3 Å². The number of carbonyl (C=O) groups is 2. The Bertz CT molecular complexity index is 966. The van der Waals surface area contributed by atoms with Crippen LogP contribution >= 0.6 is 0 Å². The minimum atomic E-state index is -0.502. The second-order valence-electron chi connectivity index (χ2n) is 6.29. The molecule has 152 valence electrons. The maximum Gasteiger partial charge on any atom is 0.343 e. The lowest BCUT2D eigenvalue weighted by molar-refractivity contribution is -0.142. The summed E-state index contributed by atoms with van der Waals surface area (Å²) in [5.74, 6) is 0.906. The van der Waals surface area contributed by atoms with Crippen molar-refractivity contribution < 1.29 is 23.8 Å². The first-order valence-corrected chi connectivity index (χ1v) is 9.20. The number of carbonyl (C=O) groups excluding carboxylic acids is 2. The van der Waals surface area contributed by atoms with Crippen molar-refractivity contribution in [3.63, 3.8) is 0 Å². The van der Waals surface area contributed by atoms with E-state index in [0.29, 0.717) is 23.6 Å². The van der Waals surface area contributed by atoms with Gasteiger partial charge in [0.2, 0.25) is 0 Å². The molecular formula is C21H23N3O5. The van der Waals surface area contributed by atoms with Gasteiger partial charge in [0.15, 0.2) is 18.1 Å². The summed E-state index contributed by atoms with van der Waals surface area (Å²) in [5.41, 5.74) is 2.39. The summed E-state index contributed by atoms with van der Waals surface area (Å²) < 4.78 is 15.1.